The van der Waals surface area contributed by atoms with E-state index in [0.717, 1.165) is 25.4 Å². The van der Waals surface area contributed by atoms with Gasteiger partial charge in [0, 0.05) is 44.5 Å². The van der Waals surface area contributed by atoms with E-state index in [1.165, 1.54) is 5.39 Å². The molecule has 0 aliphatic carbocycles. The number of aromatic amines is 2. The lowest BCUT2D eigenvalue weighted by Crippen LogP contribution is -1.83. The second kappa shape index (κ2) is 6.30. The number of fused-ring (bicyclic) bond motifs is 2. The minimum absolute atomic E-state index is 0.429. The van der Waals surface area contributed by atoms with Crippen molar-refractivity contribution in [3.8, 4) is 6.07 Å². The molecular formula is C15H9Br2N5. The van der Waals surface area contributed by atoms with Crippen molar-refractivity contribution in [1.82, 2.24) is 19.9 Å². The molecular weight excluding hydrogens is 410 g/mol. The number of nitrogens with zero attached hydrogens (tertiary/aromatic N) is 3. The Hall–Kier alpha value is -2.17. The van der Waals surface area contributed by atoms with Gasteiger partial charge in [-0.05, 0) is 44.0 Å². The Bertz CT molecular complexity index is 980. The van der Waals surface area contributed by atoms with Crippen LogP contribution in [0.25, 0.3) is 21.8 Å². The summed E-state index contributed by atoms with van der Waals surface area (Å²) in [6.45, 7) is 0. The number of halogens is 2. The largest absolute Gasteiger partial charge is 0.360 e. The molecule has 22 heavy (non-hydrogen) atoms. The van der Waals surface area contributed by atoms with Crippen LogP contribution in [-0.2, 0) is 0 Å². The lowest BCUT2D eigenvalue weighted by atomic mass is 10.3. The highest BCUT2D eigenvalue weighted by Crippen LogP contribution is 2.23. The van der Waals surface area contributed by atoms with Gasteiger partial charge in [-0.2, -0.15) is 5.26 Å². The molecule has 108 valence electrons. The molecule has 5 nitrogen and oxygen atoms in total. The Labute approximate surface area is 142 Å². The fourth-order valence-corrected chi connectivity index (χ4v) is 2.95. The summed E-state index contributed by atoms with van der Waals surface area (Å²) in [6.07, 6.45) is 8.92. The number of pyridine rings is 2. The first-order valence-electron chi connectivity index (χ1n) is 6.29. The van der Waals surface area contributed by atoms with Crippen LogP contribution in [0, 0.1) is 11.3 Å². The second-order valence-corrected chi connectivity index (χ2v) is 6.10. The van der Waals surface area contributed by atoms with Crippen molar-refractivity contribution in [2.24, 2.45) is 0 Å². The number of nitrogens with one attached hydrogen (secondary N) is 2. The smallest absolute Gasteiger partial charge is 0.164 e. The van der Waals surface area contributed by atoms with Gasteiger partial charge in [0.2, 0.25) is 0 Å². The van der Waals surface area contributed by atoms with Crippen LogP contribution in [0.3, 0.4) is 0 Å². The molecule has 0 bridgehead atoms. The SMILES string of the molecule is Brc1cncc2[nH]ccc12.N#Cc1ncc(Br)c2cc[nH]c12. The van der Waals surface area contributed by atoms with Crippen molar-refractivity contribution in [2.75, 3.05) is 0 Å². The van der Waals surface area contributed by atoms with Gasteiger partial charge in [0.25, 0.3) is 0 Å². The highest BCUT2D eigenvalue weighted by molar-refractivity contribution is 9.11. The summed E-state index contributed by atoms with van der Waals surface area (Å²) in [6, 6.07) is 5.94. The number of rotatable bonds is 0. The average Bonchev–Trinajstić information content (AvgIpc) is 3.18. The van der Waals surface area contributed by atoms with Crippen LogP contribution in [0.5, 0.6) is 0 Å². The van der Waals surface area contributed by atoms with Gasteiger partial charge < -0.3 is 9.97 Å². The predicted molar refractivity (Wildman–Crippen MR) is 92.3 cm³/mol. The van der Waals surface area contributed by atoms with Crippen molar-refractivity contribution in [1.29, 1.82) is 5.26 Å². The van der Waals surface area contributed by atoms with Gasteiger partial charge in [0.05, 0.1) is 17.2 Å². The second-order valence-electron chi connectivity index (χ2n) is 4.39. The van der Waals surface area contributed by atoms with E-state index in [-0.39, 0.29) is 0 Å². The molecule has 0 amide bonds. The number of aromatic nitrogens is 4. The van der Waals surface area contributed by atoms with Crippen LogP contribution in [0.2, 0.25) is 0 Å². The van der Waals surface area contributed by atoms with Crippen molar-refractivity contribution in [2.45, 2.75) is 0 Å². The van der Waals surface area contributed by atoms with E-state index >= 15 is 0 Å². The summed E-state index contributed by atoms with van der Waals surface area (Å²) < 4.78 is 1.93. The lowest BCUT2D eigenvalue weighted by Gasteiger charge is -1.94. The average molecular weight is 419 g/mol. The molecule has 0 aliphatic heterocycles. The maximum atomic E-state index is 8.70. The van der Waals surface area contributed by atoms with E-state index in [4.69, 9.17) is 5.26 Å². The Balaban J connectivity index is 0.000000133. The van der Waals surface area contributed by atoms with Crippen molar-refractivity contribution in [3.63, 3.8) is 0 Å². The fourth-order valence-electron chi connectivity index (χ4n) is 2.05. The maximum absolute atomic E-state index is 8.70. The molecule has 0 aromatic carbocycles. The van der Waals surface area contributed by atoms with Gasteiger partial charge in [-0.15, -0.1) is 0 Å². The molecule has 7 heteroatoms. The normalized spacial score (nSPS) is 10.2. The molecule has 0 saturated carbocycles. The topological polar surface area (TPSA) is 81.2 Å². The number of nitriles is 1. The van der Waals surface area contributed by atoms with Crippen molar-refractivity contribution >= 4 is 53.7 Å². The van der Waals surface area contributed by atoms with E-state index in [1.807, 2.05) is 24.4 Å². The molecule has 0 saturated heterocycles. The van der Waals surface area contributed by atoms with E-state index < -0.39 is 0 Å². The Kier molecular flexibility index (Phi) is 4.22. The summed E-state index contributed by atoms with van der Waals surface area (Å²) in [5.74, 6) is 0. The van der Waals surface area contributed by atoms with Crippen LogP contribution < -0.4 is 0 Å². The first kappa shape index (κ1) is 14.8. The molecule has 0 spiro atoms. The Morgan fingerprint density at radius 1 is 0.955 bits per heavy atom. The number of hydrogen-bond donors (Lipinski definition) is 2. The highest BCUT2D eigenvalue weighted by atomic mass is 79.9. The predicted octanol–water partition coefficient (Wildman–Crippen LogP) is 4.52. The van der Waals surface area contributed by atoms with E-state index in [1.54, 1.807) is 24.8 Å². The molecule has 0 aliphatic rings. The highest BCUT2D eigenvalue weighted by Gasteiger charge is 2.05. The Morgan fingerprint density at radius 3 is 2.45 bits per heavy atom. The summed E-state index contributed by atoms with van der Waals surface area (Å²) in [5, 5.41) is 10.9. The van der Waals surface area contributed by atoms with Crippen LogP contribution in [0.1, 0.15) is 5.69 Å². The van der Waals surface area contributed by atoms with Crippen LogP contribution in [0.15, 0.2) is 52.1 Å². The standard InChI is InChI=1S/C8H4BrN3.C7H5BrN2/c9-6-4-12-7(3-10)8-5(6)1-2-11-8;8-6-3-9-4-7-5(6)1-2-10-7/h1-2,4,11H;1-4,10H. The third-order valence-corrected chi connectivity index (χ3v) is 4.35. The summed E-state index contributed by atoms with van der Waals surface area (Å²) in [7, 11) is 0. The molecule has 4 rings (SSSR count). The van der Waals surface area contributed by atoms with Crippen LogP contribution >= 0.6 is 31.9 Å². The van der Waals surface area contributed by atoms with Crippen LogP contribution in [-0.4, -0.2) is 19.9 Å². The zero-order valence-electron chi connectivity index (χ0n) is 11.1. The Morgan fingerprint density at radius 2 is 1.68 bits per heavy atom. The van der Waals surface area contributed by atoms with Gasteiger partial charge in [0.1, 0.15) is 6.07 Å². The maximum Gasteiger partial charge on any atom is 0.164 e. The third kappa shape index (κ3) is 2.75. The summed E-state index contributed by atoms with van der Waals surface area (Å²) in [4.78, 5) is 14.0. The monoisotopic (exact) mass is 417 g/mol. The van der Waals surface area contributed by atoms with Gasteiger partial charge in [-0.25, -0.2) is 4.98 Å². The number of H-pyrrole nitrogens is 2. The van der Waals surface area contributed by atoms with E-state index in [2.05, 4.69) is 51.8 Å². The molecule has 0 fully saturated rings. The fraction of sp³-hybridized carbons (Fsp3) is 0. The molecule has 0 atom stereocenters. The van der Waals surface area contributed by atoms with Gasteiger partial charge in [-0.3, -0.25) is 4.98 Å². The molecule has 0 radical (unpaired) electrons. The first-order valence-corrected chi connectivity index (χ1v) is 7.87. The number of hydrogen-bond acceptors (Lipinski definition) is 3. The first-order chi connectivity index (χ1) is 10.7. The van der Waals surface area contributed by atoms with Crippen molar-refractivity contribution < 1.29 is 0 Å². The lowest BCUT2D eigenvalue weighted by molar-refractivity contribution is 1.27. The molecule has 4 heterocycles. The quantitative estimate of drug-likeness (QED) is 0.440. The van der Waals surface area contributed by atoms with Gasteiger partial charge in [0.15, 0.2) is 5.69 Å². The zero-order chi connectivity index (χ0) is 15.5. The van der Waals surface area contributed by atoms with E-state index in [0.29, 0.717) is 5.69 Å². The third-order valence-electron chi connectivity index (χ3n) is 3.08. The summed E-state index contributed by atoms with van der Waals surface area (Å²) >= 11 is 6.74. The van der Waals surface area contributed by atoms with E-state index in [9.17, 15) is 0 Å². The van der Waals surface area contributed by atoms with Crippen LogP contribution in [0.4, 0.5) is 0 Å². The summed E-state index contributed by atoms with van der Waals surface area (Å²) in [5.41, 5.74) is 2.28. The molecule has 4 aromatic rings. The molecule has 2 N–H and O–H groups in total. The zero-order valence-corrected chi connectivity index (χ0v) is 14.3. The van der Waals surface area contributed by atoms with Gasteiger partial charge in [-0.1, -0.05) is 0 Å². The molecule has 4 aromatic heterocycles. The minimum atomic E-state index is 0.429. The van der Waals surface area contributed by atoms with Crippen molar-refractivity contribution in [3.05, 3.63) is 57.8 Å². The minimum Gasteiger partial charge on any atom is -0.360 e. The molecule has 0 unspecified atom stereocenters. The van der Waals surface area contributed by atoms with Gasteiger partial charge >= 0.3 is 0 Å².